The van der Waals surface area contributed by atoms with E-state index in [1.165, 1.54) is 4.57 Å². The van der Waals surface area contributed by atoms with Crippen LogP contribution in [0.4, 0.5) is 37.6 Å². The summed E-state index contributed by atoms with van der Waals surface area (Å²) in [6.07, 6.45) is 4.86. The summed E-state index contributed by atoms with van der Waals surface area (Å²) in [7, 11) is 3.50. The van der Waals surface area contributed by atoms with Crippen LogP contribution in [0.25, 0.3) is 21.8 Å². The summed E-state index contributed by atoms with van der Waals surface area (Å²) in [4.78, 5) is 54.0. The summed E-state index contributed by atoms with van der Waals surface area (Å²) in [5, 5.41) is 15.4. The lowest BCUT2D eigenvalue weighted by atomic mass is 9.93. The molecule has 1 saturated carbocycles. The van der Waals surface area contributed by atoms with Crippen LogP contribution >= 0.6 is 11.6 Å². The van der Waals surface area contributed by atoms with Crippen molar-refractivity contribution in [1.82, 2.24) is 34.5 Å². The highest BCUT2D eigenvalue weighted by atomic mass is 35.5. The molecule has 0 bridgehead atoms. The van der Waals surface area contributed by atoms with E-state index in [1.807, 2.05) is 11.7 Å². The van der Waals surface area contributed by atoms with Gasteiger partial charge in [-0.15, -0.1) is 0 Å². The van der Waals surface area contributed by atoms with Gasteiger partial charge >= 0.3 is 5.92 Å². The molecule has 3 N–H and O–H groups in total. The number of carbonyl (C=O) groups excluding carboxylic acids is 2. The van der Waals surface area contributed by atoms with E-state index in [0.717, 1.165) is 74.5 Å². The number of carbonyl (C=O) groups is 2. The average molecular weight is 842 g/mol. The van der Waals surface area contributed by atoms with Crippen molar-refractivity contribution in [3.05, 3.63) is 63.7 Å². The van der Waals surface area contributed by atoms with Crippen LogP contribution in [-0.4, -0.2) is 105 Å². The first-order valence-corrected chi connectivity index (χ1v) is 21.0. The minimum Gasteiger partial charge on any atom is -0.480 e. The lowest BCUT2D eigenvalue weighted by molar-refractivity contribution is -0.134. The molecule has 18 heteroatoms. The Morgan fingerprint density at radius 3 is 2.55 bits per heavy atom. The molecule has 1 aliphatic carbocycles. The number of pyridine rings is 1. The summed E-state index contributed by atoms with van der Waals surface area (Å²) in [5.74, 6) is -2.88. The fraction of sp³-hybridized carbons (Fsp3) is 0.476. The third-order valence-electron chi connectivity index (χ3n) is 12.9. The number of rotatable bonds is 8. The second-order valence-electron chi connectivity index (χ2n) is 16.9. The topological polar surface area (TPSA) is 155 Å². The van der Waals surface area contributed by atoms with E-state index in [9.17, 15) is 14.4 Å². The third kappa shape index (κ3) is 7.04. The van der Waals surface area contributed by atoms with Crippen LogP contribution in [0.3, 0.4) is 0 Å². The number of amides is 2. The molecule has 2 amide bonds. The van der Waals surface area contributed by atoms with Crippen LogP contribution in [0.15, 0.2) is 47.4 Å². The molecule has 10 rings (SSSR count). The molecule has 0 radical (unpaired) electrons. The monoisotopic (exact) mass is 841 g/mol. The molecule has 314 valence electrons. The first kappa shape index (κ1) is 38.6. The molecule has 4 aliphatic heterocycles. The second-order valence-corrected chi connectivity index (χ2v) is 17.3. The molecule has 7 heterocycles. The zero-order chi connectivity index (χ0) is 41.4. The summed E-state index contributed by atoms with van der Waals surface area (Å²) >= 11 is 6.62. The number of piperidine rings is 1. The number of benzene rings is 2. The lowest BCUT2D eigenvalue weighted by Crippen LogP contribution is -2.48. The minimum absolute atomic E-state index is 0.108. The first-order valence-electron chi connectivity index (χ1n) is 20.7. The van der Waals surface area contributed by atoms with Gasteiger partial charge in [0.1, 0.15) is 5.02 Å². The Morgan fingerprint density at radius 2 is 1.77 bits per heavy atom. The van der Waals surface area contributed by atoms with Crippen LogP contribution in [-0.2, 0) is 23.7 Å². The number of imide groups is 1. The highest BCUT2D eigenvalue weighted by Gasteiger charge is 2.51. The normalized spacial score (nSPS) is 23.3. The van der Waals surface area contributed by atoms with Gasteiger partial charge in [0.15, 0.2) is 12.4 Å². The number of aryl methyl sites for hydroxylation is 2. The summed E-state index contributed by atoms with van der Waals surface area (Å²) in [5.41, 5.74) is 3.82. The standard InChI is InChI=1S/C42H46ClF2N11O4/c1-52-31-9-5-25(17-29(31)35-36(40(52)59)60-22-42(44,45)37(49-35)24-3-4-24)47-38-30(43)19-46-41(50-38)55-15-13-54(14-16-55)20-23-11-12-56(21-23)26-6-7-27-32(18-26)53(2)51-34(27)28-8-10-33(57)48-39(28)58/h5-7,9,17-19,23-24,28,37,49H,3-4,8,10-16,20-22H2,1-2H3,(H,46,47,50)(H,48,57,58)/t23-,28?,37+/m1/s1. The van der Waals surface area contributed by atoms with Gasteiger partial charge in [-0.25, -0.2) is 13.8 Å². The molecule has 60 heavy (non-hydrogen) atoms. The molecule has 3 atom stereocenters. The molecule has 5 aromatic rings. The van der Waals surface area contributed by atoms with Crippen molar-refractivity contribution >= 4 is 74.0 Å². The zero-order valence-corrected chi connectivity index (χ0v) is 34.1. The molecule has 5 aliphatic rings. The van der Waals surface area contributed by atoms with E-state index in [2.05, 4.69) is 53.8 Å². The van der Waals surface area contributed by atoms with E-state index in [-0.39, 0.29) is 29.2 Å². The Labute approximate surface area is 349 Å². The van der Waals surface area contributed by atoms with Gasteiger partial charge in [-0.3, -0.25) is 29.3 Å². The van der Waals surface area contributed by atoms with Crippen LogP contribution < -0.4 is 36.0 Å². The third-order valence-corrected chi connectivity index (χ3v) is 13.1. The summed E-state index contributed by atoms with van der Waals surface area (Å²) in [6, 6.07) is 10.6. The first-order chi connectivity index (χ1) is 28.9. The molecule has 3 saturated heterocycles. The van der Waals surface area contributed by atoms with Gasteiger partial charge in [0.25, 0.3) is 5.56 Å². The number of hydrogen-bond acceptors (Lipinski definition) is 12. The summed E-state index contributed by atoms with van der Waals surface area (Å²) in [6.45, 7) is 5.26. The van der Waals surface area contributed by atoms with Crippen molar-refractivity contribution in [2.75, 3.05) is 72.9 Å². The van der Waals surface area contributed by atoms with Crippen LogP contribution in [0, 0.1) is 11.8 Å². The van der Waals surface area contributed by atoms with Crippen molar-refractivity contribution in [1.29, 1.82) is 0 Å². The van der Waals surface area contributed by atoms with E-state index in [1.54, 1.807) is 31.4 Å². The molecular weight excluding hydrogens is 796 g/mol. The number of piperazine rings is 1. The molecule has 1 unspecified atom stereocenters. The van der Waals surface area contributed by atoms with E-state index >= 15 is 8.78 Å². The van der Waals surface area contributed by atoms with Gasteiger partial charge in [0.05, 0.1) is 40.6 Å². The number of nitrogens with zero attached hydrogens (tertiary/aromatic N) is 8. The number of aromatic nitrogens is 5. The van der Waals surface area contributed by atoms with E-state index in [0.29, 0.717) is 65.0 Å². The number of ether oxygens (including phenoxy) is 1. The number of anilines is 5. The number of fused-ring (bicyclic) bond motifs is 4. The Bertz CT molecular complexity index is 2610. The number of halogens is 3. The van der Waals surface area contributed by atoms with Crippen molar-refractivity contribution in [3.8, 4) is 5.75 Å². The minimum atomic E-state index is -3.13. The van der Waals surface area contributed by atoms with Crippen LogP contribution in [0.2, 0.25) is 5.02 Å². The quantitative estimate of drug-likeness (QED) is 0.180. The van der Waals surface area contributed by atoms with Gasteiger partial charge in [0.2, 0.25) is 23.5 Å². The van der Waals surface area contributed by atoms with Crippen LogP contribution in [0.5, 0.6) is 5.75 Å². The Hall–Kier alpha value is -5.55. The highest BCUT2D eigenvalue weighted by molar-refractivity contribution is 6.33. The molecule has 3 aromatic heterocycles. The fourth-order valence-electron chi connectivity index (χ4n) is 9.41. The predicted molar refractivity (Wildman–Crippen MR) is 225 cm³/mol. The Morgan fingerprint density at radius 1 is 0.950 bits per heavy atom. The largest absolute Gasteiger partial charge is 0.480 e. The van der Waals surface area contributed by atoms with Gasteiger partial charge in [-0.05, 0) is 73.9 Å². The zero-order valence-electron chi connectivity index (χ0n) is 33.4. The molecule has 2 aromatic carbocycles. The van der Waals surface area contributed by atoms with Crippen LogP contribution in [0.1, 0.15) is 43.7 Å². The Kier molecular flexibility index (Phi) is 9.57. The fourth-order valence-corrected chi connectivity index (χ4v) is 9.55. The molecule has 15 nitrogen and oxygen atoms in total. The van der Waals surface area contributed by atoms with E-state index < -0.39 is 30.0 Å². The van der Waals surface area contributed by atoms with Gasteiger partial charge in [0, 0.05) is 88.5 Å². The number of hydrogen-bond donors (Lipinski definition) is 3. The number of nitrogens with one attached hydrogen (secondary N) is 3. The second kappa shape index (κ2) is 14.9. The molecule has 4 fully saturated rings. The van der Waals surface area contributed by atoms with Gasteiger partial charge in [-0.2, -0.15) is 10.1 Å². The maximum Gasteiger partial charge on any atom is 0.301 e. The molecule has 0 spiro atoms. The van der Waals surface area contributed by atoms with Crippen molar-refractivity contribution in [2.24, 2.45) is 25.9 Å². The van der Waals surface area contributed by atoms with Crippen molar-refractivity contribution in [2.45, 2.75) is 50.0 Å². The highest BCUT2D eigenvalue weighted by Crippen LogP contribution is 2.46. The lowest BCUT2D eigenvalue weighted by Gasteiger charge is -2.36. The van der Waals surface area contributed by atoms with Crippen molar-refractivity contribution in [3.63, 3.8) is 0 Å². The smallest absolute Gasteiger partial charge is 0.301 e. The van der Waals surface area contributed by atoms with Gasteiger partial charge < -0.3 is 29.7 Å². The van der Waals surface area contributed by atoms with Gasteiger partial charge in [-0.1, -0.05) is 11.6 Å². The maximum absolute atomic E-state index is 15.2. The Balaban J connectivity index is 0.784. The van der Waals surface area contributed by atoms with Crippen molar-refractivity contribution < 1.29 is 23.1 Å². The SMILES string of the molecule is Cn1nc(C2CCC(=O)NC2=O)c2ccc(N3CC[C@H](CN4CCN(c5ncc(Cl)c(Nc6ccc7c(c6)c6c(c(=O)n7C)OCC(F)(F)[C@H](C7CC7)N6)n5)CC4)C3)cc21. The number of alkyl halides is 2. The predicted octanol–water partition coefficient (Wildman–Crippen LogP) is 5.00. The molecular formula is C42H46ClF2N11O4. The van der Waals surface area contributed by atoms with E-state index in [4.69, 9.17) is 26.4 Å². The summed E-state index contributed by atoms with van der Waals surface area (Å²) < 4.78 is 39.1. The average Bonchev–Trinajstić information content (AvgIpc) is 3.91. The maximum atomic E-state index is 15.2.